The Labute approximate surface area is 181 Å². The lowest BCUT2D eigenvalue weighted by Crippen LogP contribution is -2.32. The molecule has 4 amide bonds. The molecule has 0 bridgehead atoms. The van der Waals surface area contributed by atoms with Crippen LogP contribution in [0.15, 0.2) is 48.5 Å². The average Bonchev–Trinajstić information content (AvgIpc) is 3.10. The van der Waals surface area contributed by atoms with Crippen LogP contribution in [0, 0.1) is 5.92 Å². The van der Waals surface area contributed by atoms with Crippen molar-refractivity contribution in [3.05, 3.63) is 54.1 Å². The van der Waals surface area contributed by atoms with Crippen molar-refractivity contribution in [3.8, 4) is 0 Å². The van der Waals surface area contributed by atoms with Crippen molar-refractivity contribution in [2.45, 2.75) is 33.2 Å². The normalized spacial score (nSPS) is 15.7. The molecule has 1 fully saturated rings. The molecule has 1 unspecified atom stereocenters. The molecule has 1 atom stereocenters. The van der Waals surface area contributed by atoms with Gasteiger partial charge in [-0.3, -0.25) is 19.2 Å². The van der Waals surface area contributed by atoms with Gasteiger partial charge in [0.15, 0.2) is 0 Å². The highest BCUT2D eigenvalue weighted by molar-refractivity contribution is 6.07. The van der Waals surface area contributed by atoms with Crippen LogP contribution in [0.4, 0.5) is 17.1 Å². The van der Waals surface area contributed by atoms with Gasteiger partial charge >= 0.3 is 0 Å². The smallest absolute Gasteiger partial charge is 0.253 e. The first-order valence-electron chi connectivity index (χ1n) is 10.1. The maximum absolute atomic E-state index is 12.8. The minimum Gasteiger partial charge on any atom is -0.350 e. The fourth-order valence-corrected chi connectivity index (χ4v) is 3.43. The van der Waals surface area contributed by atoms with E-state index in [1.54, 1.807) is 53.4 Å². The van der Waals surface area contributed by atoms with Gasteiger partial charge in [-0.25, -0.2) is 0 Å². The largest absolute Gasteiger partial charge is 0.350 e. The zero-order chi connectivity index (χ0) is 22.5. The Hall–Kier alpha value is -3.68. The van der Waals surface area contributed by atoms with Gasteiger partial charge in [-0.05, 0) is 50.2 Å². The summed E-state index contributed by atoms with van der Waals surface area (Å²) >= 11 is 0. The predicted molar refractivity (Wildman–Crippen MR) is 119 cm³/mol. The molecule has 0 radical (unpaired) electrons. The Balaban J connectivity index is 1.69. The van der Waals surface area contributed by atoms with Gasteiger partial charge in [0.05, 0.1) is 17.2 Å². The Kier molecular flexibility index (Phi) is 6.69. The van der Waals surface area contributed by atoms with Crippen LogP contribution in [0.3, 0.4) is 0 Å². The highest BCUT2D eigenvalue weighted by Crippen LogP contribution is 2.27. The molecule has 31 heavy (non-hydrogen) atoms. The van der Waals surface area contributed by atoms with E-state index in [2.05, 4.69) is 16.0 Å². The monoisotopic (exact) mass is 422 g/mol. The zero-order valence-corrected chi connectivity index (χ0v) is 17.8. The predicted octanol–water partition coefficient (Wildman–Crippen LogP) is 2.77. The van der Waals surface area contributed by atoms with Crippen molar-refractivity contribution in [2.75, 3.05) is 22.1 Å². The van der Waals surface area contributed by atoms with Crippen LogP contribution in [0.5, 0.6) is 0 Å². The lowest BCUT2D eigenvalue weighted by Gasteiger charge is -2.18. The Morgan fingerprint density at radius 2 is 1.68 bits per heavy atom. The maximum Gasteiger partial charge on any atom is 0.253 e. The van der Waals surface area contributed by atoms with Crippen molar-refractivity contribution in [2.24, 2.45) is 5.92 Å². The number of benzene rings is 2. The third-order valence-electron chi connectivity index (χ3n) is 4.84. The lowest BCUT2D eigenvalue weighted by atomic mass is 10.1. The summed E-state index contributed by atoms with van der Waals surface area (Å²) in [5, 5.41) is 8.29. The van der Waals surface area contributed by atoms with Crippen LogP contribution < -0.4 is 20.9 Å². The summed E-state index contributed by atoms with van der Waals surface area (Å²) < 4.78 is 0. The highest BCUT2D eigenvalue weighted by Gasteiger charge is 2.35. The summed E-state index contributed by atoms with van der Waals surface area (Å²) in [6.45, 7) is 5.39. The third kappa shape index (κ3) is 5.48. The molecule has 1 heterocycles. The van der Waals surface area contributed by atoms with Crippen LogP contribution in [0.1, 0.15) is 37.6 Å². The van der Waals surface area contributed by atoms with Gasteiger partial charge in [-0.15, -0.1) is 0 Å². The van der Waals surface area contributed by atoms with E-state index in [0.717, 1.165) is 0 Å². The Bertz CT molecular complexity index is 1000. The third-order valence-corrected chi connectivity index (χ3v) is 4.84. The Morgan fingerprint density at radius 1 is 1.00 bits per heavy atom. The molecule has 0 spiro atoms. The van der Waals surface area contributed by atoms with E-state index in [9.17, 15) is 19.2 Å². The van der Waals surface area contributed by atoms with Crippen LogP contribution in [0.2, 0.25) is 0 Å². The average molecular weight is 422 g/mol. The van der Waals surface area contributed by atoms with Crippen LogP contribution >= 0.6 is 0 Å². The number of hydrogen-bond acceptors (Lipinski definition) is 4. The number of rotatable bonds is 6. The number of amides is 4. The van der Waals surface area contributed by atoms with Gasteiger partial charge < -0.3 is 20.9 Å². The number of para-hydroxylation sites is 1. The van der Waals surface area contributed by atoms with Crippen molar-refractivity contribution < 1.29 is 19.2 Å². The number of carbonyl (C=O) groups is 4. The summed E-state index contributed by atoms with van der Waals surface area (Å²) in [4.78, 5) is 50.5. The molecule has 162 valence electrons. The second-order valence-electron chi connectivity index (χ2n) is 7.80. The van der Waals surface area contributed by atoms with E-state index < -0.39 is 5.92 Å². The van der Waals surface area contributed by atoms with E-state index in [-0.39, 0.29) is 42.6 Å². The fourth-order valence-electron chi connectivity index (χ4n) is 3.43. The number of carbonyl (C=O) groups excluding carboxylic acids is 4. The SMILES string of the molecule is CC(=O)Nc1ccc(N2CC(C(=O)Nc3ccccc3C(=O)NC(C)C)CC2=O)cc1. The molecule has 3 rings (SSSR count). The molecule has 1 aliphatic heterocycles. The second kappa shape index (κ2) is 9.42. The molecular weight excluding hydrogens is 396 g/mol. The van der Waals surface area contributed by atoms with Gasteiger partial charge in [-0.2, -0.15) is 0 Å². The topological polar surface area (TPSA) is 108 Å². The molecule has 8 heteroatoms. The van der Waals surface area contributed by atoms with Gasteiger partial charge in [-0.1, -0.05) is 12.1 Å². The summed E-state index contributed by atoms with van der Waals surface area (Å²) in [6.07, 6.45) is 0.0830. The van der Waals surface area contributed by atoms with Gasteiger partial charge in [0.25, 0.3) is 5.91 Å². The van der Waals surface area contributed by atoms with Gasteiger partial charge in [0.2, 0.25) is 17.7 Å². The number of anilines is 3. The number of nitrogens with one attached hydrogen (secondary N) is 3. The van der Waals surface area contributed by atoms with Gasteiger partial charge in [0, 0.05) is 37.3 Å². The molecule has 3 N–H and O–H groups in total. The first-order chi connectivity index (χ1) is 14.7. The van der Waals surface area contributed by atoms with E-state index in [4.69, 9.17) is 0 Å². The molecule has 0 aliphatic carbocycles. The van der Waals surface area contributed by atoms with Crippen molar-refractivity contribution in [3.63, 3.8) is 0 Å². The molecule has 2 aromatic rings. The van der Waals surface area contributed by atoms with E-state index in [0.29, 0.717) is 22.6 Å². The first kappa shape index (κ1) is 22.0. The quantitative estimate of drug-likeness (QED) is 0.665. The van der Waals surface area contributed by atoms with E-state index in [1.807, 2.05) is 13.8 Å². The number of nitrogens with zero attached hydrogens (tertiary/aromatic N) is 1. The van der Waals surface area contributed by atoms with Crippen molar-refractivity contribution in [1.29, 1.82) is 0 Å². The zero-order valence-electron chi connectivity index (χ0n) is 17.8. The fraction of sp³-hybridized carbons (Fsp3) is 0.304. The summed E-state index contributed by atoms with van der Waals surface area (Å²) in [6, 6.07) is 13.6. The van der Waals surface area contributed by atoms with Crippen LogP contribution in [-0.2, 0) is 14.4 Å². The minimum absolute atomic E-state index is 0.0331. The van der Waals surface area contributed by atoms with Gasteiger partial charge in [0.1, 0.15) is 0 Å². The molecule has 0 saturated carbocycles. The summed E-state index contributed by atoms with van der Waals surface area (Å²) in [5.74, 6) is -1.45. The second-order valence-corrected chi connectivity index (χ2v) is 7.80. The van der Waals surface area contributed by atoms with Crippen molar-refractivity contribution in [1.82, 2.24) is 5.32 Å². The minimum atomic E-state index is -0.538. The standard InChI is InChI=1S/C23H26N4O4/c1-14(2)24-23(31)19-6-4-5-7-20(19)26-22(30)16-12-21(29)27(13-16)18-10-8-17(9-11-18)25-15(3)28/h4-11,14,16H,12-13H2,1-3H3,(H,24,31)(H,25,28)(H,26,30). The van der Waals surface area contributed by atoms with Crippen LogP contribution in [-0.4, -0.2) is 36.2 Å². The Morgan fingerprint density at radius 3 is 2.32 bits per heavy atom. The molecule has 1 aliphatic rings. The molecule has 2 aromatic carbocycles. The lowest BCUT2D eigenvalue weighted by molar-refractivity contribution is -0.122. The number of hydrogen-bond donors (Lipinski definition) is 3. The van der Waals surface area contributed by atoms with Crippen molar-refractivity contribution >= 4 is 40.7 Å². The van der Waals surface area contributed by atoms with Crippen LogP contribution in [0.25, 0.3) is 0 Å². The summed E-state index contributed by atoms with van der Waals surface area (Å²) in [7, 11) is 0. The highest BCUT2D eigenvalue weighted by atomic mass is 16.2. The van der Waals surface area contributed by atoms with E-state index >= 15 is 0 Å². The maximum atomic E-state index is 12.8. The summed E-state index contributed by atoms with van der Waals surface area (Å²) in [5.41, 5.74) is 2.08. The molecule has 0 aromatic heterocycles. The first-order valence-corrected chi connectivity index (χ1v) is 10.1. The molecule has 8 nitrogen and oxygen atoms in total. The van der Waals surface area contributed by atoms with E-state index in [1.165, 1.54) is 6.92 Å². The molecular formula is C23H26N4O4. The molecule has 1 saturated heterocycles.